The summed E-state index contributed by atoms with van der Waals surface area (Å²) in [5.41, 5.74) is 2.07. The van der Waals surface area contributed by atoms with Gasteiger partial charge in [0.15, 0.2) is 0 Å². The maximum atomic E-state index is 12.4. The SMILES string of the molecule is CCOc1ccc(CC(CNC(=O)c2ccc3nccn3c2)C(=O)O)cc1. The lowest BCUT2D eigenvalue weighted by atomic mass is 9.99. The number of carbonyl (C=O) groups excluding carboxylic acids is 1. The maximum Gasteiger partial charge on any atom is 0.308 e. The van der Waals surface area contributed by atoms with Crippen molar-refractivity contribution in [3.8, 4) is 5.75 Å². The van der Waals surface area contributed by atoms with Crippen molar-refractivity contribution >= 4 is 17.5 Å². The number of hydrogen-bond acceptors (Lipinski definition) is 4. The van der Waals surface area contributed by atoms with Crippen molar-refractivity contribution in [3.63, 3.8) is 0 Å². The number of carbonyl (C=O) groups is 2. The molecule has 2 N–H and O–H groups in total. The zero-order valence-corrected chi connectivity index (χ0v) is 15.0. The maximum absolute atomic E-state index is 12.4. The van der Waals surface area contributed by atoms with Crippen molar-refractivity contribution < 1.29 is 19.4 Å². The summed E-state index contributed by atoms with van der Waals surface area (Å²) >= 11 is 0. The molecule has 0 saturated heterocycles. The summed E-state index contributed by atoms with van der Waals surface area (Å²) in [4.78, 5) is 28.1. The Labute approximate surface area is 156 Å². The predicted octanol–water partition coefficient (Wildman–Crippen LogP) is 2.41. The fourth-order valence-corrected chi connectivity index (χ4v) is 2.79. The molecule has 3 aromatic rings. The van der Waals surface area contributed by atoms with Gasteiger partial charge in [0.25, 0.3) is 5.91 Å². The second-order valence-electron chi connectivity index (χ2n) is 6.14. The molecule has 0 aliphatic rings. The first-order valence-corrected chi connectivity index (χ1v) is 8.72. The number of aromatic nitrogens is 2. The lowest BCUT2D eigenvalue weighted by Crippen LogP contribution is -2.34. The molecule has 27 heavy (non-hydrogen) atoms. The van der Waals surface area contributed by atoms with E-state index in [0.29, 0.717) is 18.6 Å². The standard InChI is InChI=1S/C20H21N3O4/c1-2-27-17-6-3-14(4-7-17)11-16(20(25)26)12-22-19(24)15-5-8-18-21-9-10-23(18)13-15/h3-10,13,16H,2,11-12H2,1H3,(H,22,24)(H,25,26). The molecule has 0 aliphatic heterocycles. The summed E-state index contributed by atoms with van der Waals surface area (Å²) in [6.07, 6.45) is 5.38. The number of hydrogen-bond donors (Lipinski definition) is 2. The smallest absolute Gasteiger partial charge is 0.308 e. The van der Waals surface area contributed by atoms with Crippen LogP contribution in [-0.2, 0) is 11.2 Å². The number of carboxylic acids is 1. The van der Waals surface area contributed by atoms with Crippen LogP contribution in [0.3, 0.4) is 0 Å². The Kier molecular flexibility index (Phi) is 5.71. The molecule has 3 rings (SSSR count). The third-order valence-corrected chi connectivity index (χ3v) is 4.23. The van der Waals surface area contributed by atoms with Gasteiger partial charge in [-0.25, -0.2) is 4.98 Å². The molecule has 1 unspecified atom stereocenters. The monoisotopic (exact) mass is 367 g/mol. The number of imidazole rings is 1. The van der Waals surface area contributed by atoms with E-state index in [9.17, 15) is 14.7 Å². The Balaban J connectivity index is 1.61. The average Bonchev–Trinajstić information content (AvgIpc) is 3.14. The molecule has 0 saturated carbocycles. The summed E-state index contributed by atoms with van der Waals surface area (Å²) in [7, 11) is 0. The summed E-state index contributed by atoms with van der Waals surface area (Å²) in [5.74, 6) is -1.24. The van der Waals surface area contributed by atoms with E-state index in [1.165, 1.54) is 0 Å². The van der Waals surface area contributed by atoms with E-state index in [4.69, 9.17) is 4.74 Å². The highest BCUT2D eigenvalue weighted by molar-refractivity contribution is 5.94. The van der Waals surface area contributed by atoms with E-state index >= 15 is 0 Å². The third-order valence-electron chi connectivity index (χ3n) is 4.23. The Hall–Kier alpha value is -3.35. The lowest BCUT2D eigenvalue weighted by molar-refractivity contribution is -0.141. The highest BCUT2D eigenvalue weighted by atomic mass is 16.5. The molecular weight excluding hydrogens is 346 g/mol. The normalized spacial score (nSPS) is 11.9. The van der Waals surface area contributed by atoms with Gasteiger partial charge in [-0.15, -0.1) is 0 Å². The van der Waals surface area contributed by atoms with Crippen LogP contribution in [0, 0.1) is 5.92 Å². The largest absolute Gasteiger partial charge is 0.494 e. The van der Waals surface area contributed by atoms with Gasteiger partial charge in [-0.05, 0) is 43.2 Å². The van der Waals surface area contributed by atoms with Gasteiger partial charge >= 0.3 is 5.97 Å². The lowest BCUT2D eigenvalue weighted by Gasteiger charge is -2.14. The summed E-state index contributed by atoms with van der Waals surface area (Å²) in [6, 6.07) is 10.7. The Morgan fingerprint density at radius 2 is 2.00 bits per heavy atom. The fraction of sp³-hybridized carbons (Fsp3) is 0.250. The molecule has 0 bridgehead atoms. The van der Waals surface area contributed by atoms with Gasteiger partial charge in [0, 0.05) is 25.1 Å². The van der Waals surface area contributed by atoms with Crippen LogP contribution >= 0.6 is 0 Å². The summed E-state index contributed by atoms with van der Waals surface area (Å²) < 4.78 is 7.13. The molecule has 0 fully saturated rings. The Morgan fingerprint density at radius 3 is 2.70 bits per heavy atom. The number of nitrogens with one attached hydrogen (secondary N) is 1. The molecule has 7 heteroatoms. The molecule has 2 aromatic heterocycles. The van der Waals surface area contributed by atoms with Gasteiger partial charge in [-0.2, -0.15) is 0 Å². The van der Waals surface area contributed by atoms with Crippen molar-refractivity contribution in [2.75, 3.05) is 13.2 Å². The van der Waals surface area contributed by atoms with Crippen LogP contribution in [0.5, 0.6) is 5.75 Å². The van der Waals surface area contributed by atoms with Crippen LogP contribution < -0.4 is 10.1 Å². The molecule has 1 atom stereocenters. The van der Waals surface area contributed by atoms with Crippen LogP contribution in [0.25, 0.3) is 5.65 Å². The Bertz CT molecular complexity index is 934. The second kappa shape index (κ2) is 8.35. The number of nitrogens with zero attached hydrogens (tertiary/aromatic N) is 2. The molecule has 0 aliphatic carbocycles. The zero-order valence-electron chi connectivity index (χ0n) is 15.0. The Morgan fingerprint density at radius 1 is 1.22 bits per heavy atom. The summed E-state index contributed by atoms with van der Waals surface area (Å²) in [6.45, 7) is 2.53. The van der Waals surface area contributed by atoms with E-state index in [2.05, 4.69) is 10.3 Å². The minimum Gasteiger partial charge on any atom is -0.494 e. The fourth-order valence-electron chi connectivity index (χ4n) is 2.79. The van der Waals surface area contributed by atoms with Gasteiger partial charge in [0.2, 0.25) is 0 Å². The summed E-state index contributed by atoms with van der Waals surface area (Å²) in [5, 5.41) is 12.2. The number of fused-ring (bicyclic) bond motifs is 1. The van der Waals surface area contributed by atoms with E-state index in [0.717, 1.165) is 17.0 Å². The molecule has 2 heterocycles. The second-order valence-corrected chi connectivity index (χ2v) is 6.14. The van der Waals surface area contributed by atoms with E-state index in [1.54, 1.807) is 35.1 Å². The van der Waals surface area contributed by atoms with Gasteiger partial charge < -0.3 is 19.6 Å². The quantitative estimate of drug-likeness (QED) is 0.638. The molecule has 7 nitrogen and oxygen atoms in total. The van der Waals surface area contributed by atoms with E-state index in [1.807, 2.05) is 31.2 Å². The van der Waals surface area contributed by atoms with Crippen molar-refractivity contribution in [1.82, 2.24) is 14.7 Å². The number of aliphatic carboxylic acids is 1. The van der Waals surface area contributed by atoms with Crippen LogP contribution in [0.1, 0.15) is 22.8 Å². The number of pyridine rings is 1. The van der Waals surface area contributed by atoms with E-state index < -0.39 is 11.9 Å². The van der Waals surface area contributed by atoms with Crippen LogP contribution in [-0.4, -0.2) is 39.5 Å². The molecule has 0 spiro atoms. The third kappa shape index (κ3) is 4.63. The molecular formula is C20H21N3O4. The molecule has 140 valence electrons. The molecule has 1 aromatic carbocycles. The number of amides is 1. The average molecular weight is 367 g/mol. The van der Waals surface area contributed by atoms with Crippen LogP contribution in [0.4, 0.5) is 0 Å². The number of benzene rings is 1. The minimum atomic E-state index is -0.950. The van der Waals surface area contributed by atoms with Gasteiger partial charge in [-0.1, -0.05) is 12.1 Å². The number of rotatable bonds is 8. The first-order chi connectivity index (χ1) is 13.1. The molecule has 0 radical (unpaired) electrons. The van der Waals surface area contributed by atoms with Gasteiger partial charge in [-0.3, -0.25) is 9.59 Å². The van der Waals surface area contributed by atoms with Crippen molar-refractivity contribution in [3.05, 3.63) is 66.1 Å². The minimum absolute atomic E-state index is 0.0450. The van der Waals surface area contributed by atoms with Crippen LogP contribution in [0.2, 0.25) is 0 Å². The van der Waals surface area contributed by atoms with Crippen molar-refractivity contribution in [1.29, 1.82) is 0 Å². The van der Waals surface area contributed by atoms with Crippen molar-refractivity contribution in [2.24, 2.45) is 5.92 Å². The van der Waals surface area contributed by atoms with Gasteiger partial charge in [0.05, 0.1) is 18.1 Å². The highest BCUT2D eigenvalue weighted by Crippen LogP contribution is 2.15. The van der Waals surface area contributed by atoms with E-state index in [-0.39, 0.29) is 12.5 Å². The molecule has 1 amide bonds. The number of ether oxygens (including phenoxy) is 1. The zero-order chi connectivity index (χ0) is 19.2. The highest BCUT2D eigenvalue weighted by Gasteiger charge is 2.19. The van der Waals surface area contributed by atoms with Gasteiger partial charge in [0.1, 0.15) is 11.4 Å². The van der Waals surface area contributed by atoms with Crippen LogP contribution in [0.15, 0.2) is 55.0 Å². The first kappa shape index (κ1) is 18.4. The number of carboxylic acid groups (broad SMARTS) is 1. The van der Waals surface area contributed by atoms with Crippen molar-refractivity contribution in [2.45, 2.75) is 13.3 Å². The topological polar surface area (TPSA) is 92.9 Å². The first-order valence-electron chi connectivity index (χ1n) is 8.72. The predicted molar refractivity (Wildman–Crippen MR) is 100.0 cm³/mol.